The second-order valence-electron chi connectivity index (χ2n) is 7.17. The monoisotopic (exact) mass is 500 g/mol. The van der Waals surface area contributed by atoms with Crippen LogP contribution in [0.5, 0.6) is 11.5 Å². The Morgan fingerprint density at radius 3 is 2.57 bits per heavy atom. The number of aromatic nitrogens is 4. The van der Waals surface area contributed by atoms with Gasteiger partial charge in [-0.1, -0.05) is 30.3 Å². The lowest BCUT2D eigenvalue weighted by molar-refractivity contribution is 0.482. The summed E-state index contributed by atoms with van der Waals surface area (Å²) in [5, 5.41) is 19.9. The lowest BCUT2D eigenvalue weighted by atomic mass is 10.1. The maximum Gasteiger partial charge on any atom is 0.263 e. The summed E-state index contributed by atoms with van der Waals surface area (Å²) < 4.78 is 35.7. The van der Waals surface area contributed by atoms with Gasteiger partial charge in [0.1, 0.15) is 23.9 Å². The maximum atomic E-state index is 12.7. The van der Waals surface area contributed by atoms with Crippen molar-refractivity contribution >= 4 is 26.5 Å². The van der Waals surface area contributed by atoms with Crippen LogP contribution in [0.4, 0.5) is 5.13 Å². The van der Waals surface area contributed by atoms with Gasteiger partial charge < -0.3 is 4.74 Å². The summed E-state index contributed by atoms with van der Waals surface area (Å²) in [6.07, 6.45) is 3.10. The van der Waals surface area contributed by atoms with E-state index in [0.29, 0.717) is 17.1 Å². The molecule has 9 nitrogen and oxygen atoms in total. The van der Waals surface area contributed by atoms with Crippen LogP contribution in [0.1, 0.15) is 5.56 Å². The van der Waals surface area contributed by atoms with Gasteiger partial charge in [0.25, 0.3) is 10.0 Å². The van der Waals surface area contributed by atoms with Crippen molar-refractivity contribution in [2.75, 3.05) is 4.72 Å². The van der Waals surface area contributed by atoms with E-state index in [4.69, 9.17) is 4.74 Å². The molecule has 0 unspecified atom stereocenters. The third-order valence-corrected chi connectivity index (χ3v) is 7.12. The van der Waals surface area contributed by atoms with Crippen molar-refractivity contribution in [1.29, 1.82) is 5.26 Å². The molecule has 0 aliphatic rings. The molecular weight excluding hydrogens is 484 g/mol. The van der Waals surface area contributed by atoms with E-state index >= 15 is 0 Å². The van der Waals surface area contributed by atoms with Crippen molar-refractivity contribution in [3.05, 3.63) is 96.3 Å². The van der Waals surface area contributed by atoms with Crippen LogP contribution in [0, 0.1) is 11.3 Å². The molecule has 0 saturated heterocycles. The summed E-state index contributed by atoms with van der Waals surface area (Å²) in [5.74, 6) is 1.20. The molecule has 3 aromatic carbocycles. The SMILES string of the molecule is N#Cc1cc(S(=O)(=O)Nc2nccs2)ccc1Oc1ccccc1-c1nncn1-c1ccccc1. The Hall–Kier alpha value is -4.53. The molecule has 0 atom stereocenters. The Bertz CT molecular complexity index is 1630. The van der Waals surface area contributed by atoms with E-state index < -0.39 is 10.0 Å². The molecule has 5 aromatic rings. The zero-order valence-corrected chi connectivity index (χ0v) is 19.6. The standard InChI is InChI=1S/C24H16N6O3S2/c25-15-17-14-19(35(31,32)29-24-26-12-13-34-24)10-11-21(17)33-22-9-5-4-8-20(22)23-28-27-16-30(23)18-6-2-1-3-7-18/h1-14,16H,(H,26,29). The van der Waals surface area contributed by atoms with E-state index in [1.807, 2.05) is 53.1 Å². The van der Waals surface area contributed by atoms with Gasteiger partial charge in [0.05, 0.1) is 16.0 Å². The predicted molar refractivity (Wildman–Crippen MR) is 131 cm³/mol. The van der Waals surface area contributed by atoms with Gasteiger partial charge in [-0.2, -0.15) is 5.26 Å². The first-order chi connectivity index (χ1) is 17.0. The minimum Gasteiger partial charge on any atom is -0.455 e. The number of anilines is 1. The van der Waals surface area contributed by atoms with Crippen molar-refractivity contribution in [2.45, 2.75) is 4.90 Å². The lowest BCUT2D eigenvalue weighted by Crippen LogP contribution is -2.13. The van der Waals surface area contributed by atoms with Gasteiger partial charge in [0.15, 0.2) is 11.0 Å². The molecule has 0 fully saturated rings. The highest BCUT2D eigenvalue weighted by Crippen LogP contribution is 2.35. The topological polar surface area (TPSA) is 123 Å². The van der Waals surface area contributed by atoms with Gasteiger partial charge >= 0.3 is 0 Å². The van der Waals surface area contributed by atoms with E-state index in [1.54, 1.807) is 23.8 Å². The van der Waals surface area contributed by atoms with Gasteiger partial charge in [0.2, 0.25) is 0 Å². The third kappa shape index (κ3) is 4.61. The smallest absolute Gasteiger partial charge is 0.263 e. The summed E-state index contributed by atoms with van der Waals surface area (Å²) in [6, 6.07) is 22.9. The van der Waals surface area contributed by atoms with Gasteiger partial charge in [0, 0.05) is 17.3 Å². The first kappa shape index (κ1) is 22.3. The number of hydrogen-bond donors (Lipinski definition) is 1. The number of nitrogens with one attached hydrogen (secondary N) is 1. The molecule has 0 bridgehead atoms. The molecular formula is C24H16N6O3S2. The van der Waals surface area contributed by atoms with Crippen LogP contribution < -0.4 is 9.46 Å². The largest absolute Gasteiger partial charge is 0.455 e. The number of para-hydroxylation sites is 2. The molecule has 0 radical (unpaired) electrons. The van der Waals surface area contributed by atoms with Crippen LogP contribution in [0.15, 0.2) is 95.6 Å². The van der Waals surface area contributed by atoms with E-state index in [-0.39, 0.29) is 21.3 Å². The average molecular weight is 501 g/mol. The quantitative estimate of drug-likeness (QED) is 0.339. The number of nitrogens with zero attached hydrogens (tertiary/aromatic N) is 5. The van der Waals surface area contributed by atoms with Gasteiger partial charge in [-0.15, -0.1) is 21.5 Å². The third-order valence-electron chi connectivity index (χ3n) is 4.97. The second-order valence-corrected chi connectivity index (χ2v) is 9.75. The normalized spacial score (nSPS) is 11.1. The molecule has 1 N–H and O–H groups in total. The number of ether oxygens (including phenoxy) is 1. The summed E-state index contributed by atoms with van der Waals surface area (Å²) in [4.78, 5) is 3.86. The van der Waals surface area contributed by atoms with Crippen molar-refractivity contribution < 1.29 is 13.2 Å². The van der Waals surface area contributed by atoms with Crippen LogP contribution in [0.2, 0.25) is 0 Å². The molecule has 0 amide bonds. The van der Waals surface area contributed by atoms with Crippen LogP contribution in [0.3, 0.4) is 0 Å². The molecule has 0 spiro atoms. The van der Waals surface area contributed by atoms with Crippen molar-refractivity contribution in [1.82, 2.24) is 19.7 Å². The number of nitriles is 1. The summed E-state index contributed by atoms with van der Waals surface area (Å²) in [5.41, 5.74) is 1.59. The fourth-order valence-electron chi connectivity index (χ4n) is 3.36. The number of rotatable bonds is 7. The molecule has 172 valence electrons. The number of hydrogen-bond acceptors (Lipinski definition) is 8. The molecule has 11 heteroatoms. The van der Waals surface area contributed by atoms with E-state index in [9.17, 15) is 13.7 Å². The molecule has 0 aliphatic carbocycles. The number of sulfonamides is 1. The van der Waals surface area contributed by atoms with E-state index in [2.05, 4.69) is 19.9 Å². The zero-order chi connectivity index (χ0) is 24.3. The van der Waals surface area contributed by atoms with Crippen LogP contribution in [-0.2, 0) is 10.0 Å². The fourth-order valence-corrected chi connectivity index (χ4v) is 5.17. The van der Waals surface area contributed by atoms with Gasteiger partial charge in [-0.05, 0) is 42.5 Å². The minimum absolute atomic E-state index is 0.0614. The van der Waals surface area contributed by atoms with Crippen molar-refractivity contribution in [3.8, 4) is 34.6 Å². The Kier molecular flexibility index (Phi) is 5.97. The first-order valence-corrected chi connectivity index (χ1v) is 12.6. The second kappa shape index (κ2) is 9.38. The molecule has 0 saturated carbocycles. The summed E-state index contributed by atoms with van der Waals surface area (Å²) >= 11 is 1.15. The van der Waals surface area contributed by atoms with Gasteiger partial charge in [-0.3, -0.25) is 9.29 Å². The Morgan fingerprint density at radius 2 is 1.80 bits per heavy atom. The highest BCUT2D eigenvalue weighted by Gasteiger charge is 2.20. The molecule has 2 heterocycles. The molecule has 2 aromatic heterocycles. The molecule has 0 aliphatic heterocycles. The molecule has 5 rings (SSSR count). The van der Waals surface area contributed by atoms with Crippen molar-refractivity contribution in [3.63, 3.8) is 0 Å². The fraction of sp³-hybridized carbons (Fsp3) is 0. The number of benzene rings is 3. The Morgan fingerprint density at radius 1 is 1.00 bits per heavy atom. The number of thiazole rings is 1. The lowest BCUT2D eigenvalue weighted by Gasteiger charge is -2.14. The maximum absolute atomic E-state index is 12.7. The summed E-state index contributed by atoms with van der Waals surface area (Å²) in [6.45, 7) is 0. The summed E-state index contributed by atoms with van der Waals surface area (Å²) in [7, 11) is -3.92. The average Bonchev–Trinajstić information content (AvgIpc) is 3.57. The van der Waals surface area contributed by atoms with Gasteiger partial charge in [-0.25, -0.2) is 13.4 Å². The van der Waals surface area contributed by atoms with Crippen LogP contribution in [0.25, 0.3) is 17.1 Å². The van der Waals surface area contributed by atoms with E-state index in [1.165, 1.54) is 24.4 Å². The zero-order valence-electron chi connectivity index (χ0n) is 17.9. The predicted octanol–water partition coefficient (Wildman–Crippen LogP) is 4.86. The highest BCUT2D eigenvalue weighted by molar-refractivity contribution is 7.93. The van der Waals surface area contributed by atoms with Crippen molar-refractivity contribution in [2.24, 2.45) is 0 Å². The van der Waals surface area contributed by atoms with Crippen LogP contribution in [-0.4, -0.2) is 28.2 Å². The van der Waals surface area contributed by atoms with E-state index in [0.717, 1.165) is 17.0 Å². The van der Waals surface area contributed by atoms with Crippen LogP contribution >= 0.6 is 11.3 Å². The Labute approximate surface area is 205 Å². The molecule has 35 heavy (non-hydrogen) atoms. The Balaban J connectivity index is 1.49. The highest BCUT2D eigenvalue weighted by atomic mass is 32.2. The minimum atomic E-state index is -3.92. The first-order valence-electron chi connectivity index (χ1n) is 10.2.